The summed E-state index contributed by atoms with van der Waals surface area (Å²) in [5.41, 5.74) is 1.76. The first kappa shape index (κ1) is 13.4. The van der Waals surface area contributed by atoms with Crippen molar-refractivity contribution in [2.75, 3.05) is 25.5 Å². The van der Waals surface area contributed by atoms with Crippen molar-refractivity contribution in [3.8, 4) is 0 Å². The van der Waals surface area contributed by atoms with Crippen LogP contribution < -0.4 is 10.2 Å². The van der Waals surface area contributed by atoms with Gasteiger partial charge in [0.1, 0.15) is 0 Å². The van der Waals surface area contributed by atoms with Crippen LogP contribution in [0.25, 0.3) is 0 Å². The van der Waals surface area contributed by atoms with E-state index in [1.807, 2.05) is 43.3 Å². The second-order valence-electron chi connectivity index (χ2n) is 5.01. The minimum absolute atomic E-state index is 0.00352. The molecule has 1 saturated carbocycles. The molecular weight excluding hydrogens is 292 g/mol. The van der Waals surface area contributed by atoms with Crippen molar-refractivity contribution in [3.05, 3.63) is 29.8 Å². The Bertz CT molecular complexity index is 430. The van der Waals surface area contributed by atoms with Gasteiger partial charge in [-0.3, -0.25) is 4.79 Å². The van der Waals surface area contributed by atoms with E-state index in [-0.39, 0.29) is 5.91 Å². The highest BCUT2D eigenvalue weighted by Gasteiger charge is 2.29. The highest BCUT2D eigenvalue weighted by Crippen LogP contribution is 2.36. The zero-order valence-corrected chi connectivity index (χ0v) is 12.4. The van der Waals surface area contributed by atoms with Gasteiger partial charge in [-0.25, -0.2) is 0 Å². The number of nitrogens with zero attached hydrogens (tertiary/aromatic N) is 1. The monoisotopic (exact) mass is 310 g/mol. The predicted molar refractivity (Wildman–Crippen MR) is 78.5 cm³/mol. The van der Waals surface area contributed by atoms with Gasteiger partial charge in [0, 0.05) is 36.7 Å². The number of alkyl halides is 1. The lowest BCUT2D eigenvalue weighted by atomic mass is 10.1. The third-order valence-corrected chi connectivity index (χ3v) is 4.29. The first-order chi connectivity index (χ1) is 8.58. The molecule has 4 heteroatoms. The van der Waals surface area contributed by atoms with E-state index >= 15 is 0 Å². The summed E-state index contributed by atoms with van der Waals surface area (Å²) in [6, 6.07) is 7.67. The summed E-state index contributed by atoms with van der Waals surface area (Å²) in [6.07, 6.45) is 2.56. The molecule has 3 nitrogen and oxygen atoms in total. The first-order valence-corrected chi connectivity index (χ1v) is 7.19. The van der Waals surface area contributed by atoms with Gasteiger partial charge in [-0.2, -0.15) is 0 Å². The van der Waals surface area contributed by atoms with Crippen molar-refractivity contribution in [2.24, 2.45) is 5.92 Å². The van der Waals surface area contributed by atoms with Gasteiger partial charge in [-0.15, -0.1) is 0 Å². The van der Waals surface area contributed by atoms with Crippen molar-refractivity contribution in [3.63, 3.8) is 0 Å². The van der Waals surface area contributed by atoms with E-state index in [1.54, 1.807) is 0 Å². The summed E-state index contributed by atoms with van der Waals surface area (Å²) >= 11 is 3.62. The summed E-state index contributed by atoms with van der Waals surface area (Å²) in [7, 11) is 3.94. The molecule has 1 fully saturated rings. The number of halogens is 1. The number of amides is 1. The van der Waals surface area contributed by atoms with Crippen LogP contribution in [0, 0.1) is 5.92 Å². The van der Waals surface area contributed by atoms with E-state index in [9.17, 15) is 4.79 Å². The van der Waals surface area contributed by atoms with Gasteiger partial charge in [-0.1, -0.05) is 22.0 Å². The molecule has 0 aromatic heterocycles. The molecule has 1 aliphatic carbocycles. The van der Waals surface area contributed by atoms with Crippen molar-refractivity contribution >= 4 is 27.5 Å². The second kappa shape index (κ2) is 5.74. The van der Waals surface area contributed by atoms with Crippen molar-refractivity contribution in [2.45, 2.75) is 17.7 Å². The average Bonchev–Trinajstić information content (AvgIpc) is 3.20. The second-order valence-corrected chi connectivity index (χ2v) is 6.18. The smallest absolute Gasteiger partial charge is 0.251 e. The van der Waals surface area contributed by atoms with Crippen LogP contribution in [0.2, 0.25) is 0 Å². The normalized spacial score (nSPS) is 16.2. The molecule has 0 bridgehead atoms. The minimum atomic E-state index is 0.00352. The Labute approximate surface area is 117 Å². The standard InChI is InChI=1S/C14H19BrN2O/c1-17(2)12-5-3-4-11(8-12)14(18)16-9-13(15)10-6-7-10/h3-5,8,10,13H,6-7,9H2,1-2H3,(H,16,18). The predicted octanol–water partition coefficient (Wildman–Crippen LogP) is 2.66. The average molecular weight is 311 g/mol. The highest BCUT2D eigenvalue weighted by atomic mass is 79.9. The molecule has 0 heterocycles. The van der Waals surface area contributed by atoms with E-state index in [1.165, 1.54) is 12.8 Å². The molecule has 1 unspecified atom stereocenters. The van der Waals surface area contributed by atoms with Crippen LogP contribution in [0.5, 0.6) is 0 Å². The van der Waals surface area contributed by atoms with Crippen LogP contribution in [0.15, 0.2) is 24.3 Å². The SMILES string of the molecule is CN(C)c1cccc(C(=O)NCC(Br)C2CC2)c1. The minimum Gasteiger partial charge on any atom is -0.378 e. The fourth-order valence-corrected chi connectivity index (χ4v) is 2.53. The summed E-state index contributed by atoms with van der Waals surface area (Å²) in [4.78, 5) is 14.4. The molecule has 1 aromatic carbocycles. The Morgan fingerprint density at radius 3 is 2.83 bits per heavy atom. The Hall–Kier alpha value is -1.03. The summed E-state index contributed by atoms with van der Waals surface area (Å²) in [5, 5.41) is 2.98. The number of anilines is 1. The third-order valence-electron chi connectivity index (χ3n) is 3.22. The van der Waals surface area contributed by atoms with E-state index in [2.05, 4.69) is 21.2 Å². The molecule has 0 spiro atoms. The van der Waals surface area contributed by atoms with Crippen molar-refractivity contribution < 1.29 is 4.79 Å². The number of hydrogen-bond donors (Lipinski definition) is 1. The maximum absolute atomic E-state index is 12.0. The lowest BCUT2D eigenvalue weighted by Crippen LogP contribution is -2.30. The highest BCUT2D eigenvalue weighted by molar-refractivity contribution is 9.09. The molecule has 98 valence electrons. The Kier molecular flexibility index (Phi) is 4.27. The quantitative estimate of drug-likeness (QED) is 0.848. The molecule has 1 N–H and O–H groups in total. The molecule has 1 amide bonds. The van der Waals surface area contributed by atoms with Gasteiger partial charge in [-0.05, 0) is 37.0 Å². The van der Waals surface area contributed by atoms with Crippen LogP contribution in [0.4, 0.5) is 5.69 Å². The molecule has 1 atom stereocenters. The zero-order valence-electron chi connectivity index (χ0n) is 10.8. The van der Waals surface area contributed by atoms with Crippen LogP contribution in [0.3, 0.4) is 0 Å². The largest absolute Gasteiger partial charge is 0.378 e. The zero-order chi connectivity index (χ0) is 13.1. The Morgan fingerprint density at radius 1 is 1.50 bits per heavy atom. The van der Waals surface area contributed by atoms with Gasteiger partial charge in [0.15, 0.2) is 0 Å². The number of hydrogen-bond acceptors (Lipinski definition) is 2. The molecule has 1 aliphatic rings. The summed E-state index contributed by atoms with van der Waals surface area (Å²) in [5.74, 6) is 0.752. The van der Waals surface area contributed by atoms with E-state index < -0.39 is 0 Å². The number of nitrogens with one attached hydrogen (secondary N) is 1. The fourth-order valence-electron chi connectivity index (χ4n) is 1.84. The van der Waals surface area contributed by atoms with Gasteiger partial charge in [0.25, 0.3) is 5.91 Å². The first-order valence-electron chi connectivity index (χ1n) is 6.27. The molecule has 2 rings (SSSR count). The van der Waals surface area contributed by atoms with Gasteiger partial charge < -0.3 is 10.2 Å². The Morgan fingerprint density at radius 2 is 2.22 bits per heavy atom. The summed E-state index contributed by atoms with van der Waals surface area (Å²) < 4.78 is 0. The van der Waals surface area contributed by atoms with Gasteiger partial charge in [0.05, 0.1) is 0 Å². The van der Waals surface area contributed by atoms with Crippen LogP contribution in [0.1, 0.15) is 23.2 Å². The van der Waals surface area contributed by atoms with Crippen molar-refractivity contribution in [1.29, 1.82) is 0 Å². The van der Waals surface area contributed by atoms with Crippen LogP contribution >= 0.6 is 15.9 Å². The van der Waals surface area contributed by atoms with Gasteiger partial charge >= 0.3 is 0 Å². The maximum atomic E-state index is 12.0. The topological polar surface area (TPSA) is 32.3 Å². The number of carbonyl (C=O) groups excluding carboxylic acids is 1. The lowest BCUT2D eigenvalue weighted by molar-refractivity contribution is 0.0953. The maximum Gasteiger partial charge on any atom is 0.251 e. The van der Waals surface area contributed by atoms with Crippen LogP contribution in [-0.2, 0) is 0 Å². The molecule has 0 aliphatic heterocycles. The van der Waals surface area contributed by atoms with Crippen LogP contribution in [-0.4, -0.2) is 31.4 Å². The molecule has 0 saturated heterocycles. The molecule has 1 aromatic rings. The summed E-state index contributed by atoms with van der Waals surface area (Å²) in [6.45, 7) is 0.704. The number of benzene rings is 1. The fraction of sp³-hybridized carbons (Fsp3) is 0.500. The number of carbonyl (C=O) groups is 1. The number of rotatable bonds is 5. The third kappa shape index (κ3) is 3.48. The molecule has 0 radical (unpaired) electrons. The van der Waals surface area contributed by atoms with E-state index in [0.717, 1.165) is 17.2 Å². The molecule has 18 heavy (non-hydrogen) atoms. The molecular formula is C14H19BrN2O. The van der Waals surface area contributed by atoms with Crippen molar-refractivity contribution in [1.82, 2.24) is 5.32 Å². The Balaban J connectivity index is 1.93. The van der Waals surface area contributed by atoms with Gasteiger partial charge in [0.2, 0.25) is 0 Å². The lowest BCUT2D eigenvalue weighted by Gasteiger charge is -2.14. The van der Waals surface area contributed by atoms with E-state index in [4.69, 9.17) is 0 Å². The van der Waals surface area contributed by atoms with E-state index in [0.29, 0.717) is 11.4 Å².